The van der Waals surface area contributed by atoms with Crippen LogP contribution in [0.15, 0.2) is 0 Å². The number of hydrogen-bond acceptors (Lipinski definition) is 4. The Morgan fingerprint density at radius 1 is 1.44 bits per heavy atom. The smallest absolute Gasteiger partial charge is 0.236 e. The van der Waals surface area contributed by atoms with Gasteiger partial charge in [-0.2, -0.15) is 11.8 Å². The van der Waals surface area contributed by atoms with Crippen LogP contribution in [0.1, 0.15) is 32.6 Å². The van der Waals surface area contributed by atoms with Crippen LogP contribution in [0.2, 0.25) is 0 Å². The third-order valence-corrected chi connectivity index (χ3v) is 3.27. The van der Waals surface area contributed by atoms with Crippen molar-refractivity contribution in [3.05, 3.63) is 0 Å². The molecule has 5 heteroatoms. The zero-order valence-corrected chi connectivity index (χ0v) is 10.9. The molecule has 0 bridgehead atoms. The Hall–Kier alpha value is -0.260. The molecule has 0 rings (SSSR count). The molecule has 1 amide bonds. The highest BCUT2D eigenvalue weighted by Crippen LogP contribution is 2.01. The van der Waals surface area contributed by atoms with E-state index in [1.54, 1.807) is 11.8 Å². The van der Waals surface area contributed by atoms with Gasteiger partial charge in [0, 0.05) is 18.9 Å². The normalized spacial score (nSPS) is 12.4. The van der Waals surface area contributed by atoms with E-state index in [0.29, 0.717) is 6.54 Å². The molecule has 4 nitrogen and oxygen atoms in total. The van der Waals surface area contributed by atoms with E-state index in [1.807, 2.05) is 0 Å². The van der Waals surface area contributed by atoms with E-state index >= 15 is 0 Å². The molecule has 0 fully saturated rings. The Balaban J connectivity index is 3.35. The number of nitrogens with two attached hydrogens (primary N) is 1. The highest BCUT2D eigenvalue weighted by atomic mass is 32.2. The highest BCUT2D eigenvalue weighted by molar-refractivity contribution is 7.99. The predicted octanol–water partition coefficient (Wildman–Crippen LogP) is 0.736. The van der Waals surface area contributed by atoms with Crippen molar-refractivity contribution in [2.45, 2.75) is 38.6 Å². The first-order chi connectivity index (χ1) is 7.72. The van der Waals surface area contributed by atoms with Gasteiger partial charge in [0.2, 0.25) is 5.91 Å². The summed E-state index contributed by atoms with van der Waals surface area (Å²) in [4.78, 5) is 11.5. The summed E-state index contributed by atoms with van der Waals surface area (Å²) < 4.78 is 0. The minimum atomic E-state index is -0.359. The maximum Gasteiger partial charge on any atom is 0.236 e. The van der Waals surface area contributed by atoms with Crippen LogP contribution in [0.3, 0.4) is 0 Å². The van der Waals surface area contributed by atoms with E-state index in [2.05, 4.69) is 12.2 Å². The van der Waals surface area contributed by atoms with Crippen LogP contribution >= 0.6 is 11.8 Å². The third kappa shape index (κ3) is 9.00. The van der Waals surface area contributed by atoms with Crippen molar-refractivity contribution in [1.29, 1.82) is 0 Å². The maximum absolute atomic E-state index is 11.5. The van der Waals surface area contributed by atoms with E-state index < -0.39 is 0 Å². The lowest BCUT2D eigenvalue weighted by Gasteiger charge is -2.11. The predicted molar refractivity (Wildman–Crippen MR) is 69.5 cm³/mol. The number of rotatable bonds is 10. The van der Waals surface area contributed by atoms with Gasteiger partial charge in [0.15, 0.2) is 0 Å². The van der Waals surface area contributed by atoms with Crippen molar-refractivity contribution in [2.24, 2.45) is 5.73 Å². The van der Waals surface area contributed by atoms with Crippen molar-refractivity contribution in [3.8, 4) is 0 Å². The molecule has 0 saturated carbocycles. The van der Waals surface area contributed by atoms with Gasteiger partial charge in [0.25, 0.3) is 0 Å². The quantitative estimate of drug-likeness (QED) is 0.498. The molecule has 96 valence electrons. The topological polar surface area (TPSA) is 75.4 Å². The van der Waals surface area contributed by atoms with Gasteiger partial charge in [0.05, 0.1) is 6.04 Å². The Labute approximate surface area is 102 Å². The number of carbonyl (C=O) groups is 1. The van der Waals surface area contributed by atoms with E-state index in [1.165, 1.54) is 0 Å². The second-order valence-corrected chi connectivity index (χ2v) is 4.95. The molecule has 0 aliphatic carbocycles. The third-order valence-electron chi connectivity index (χ3n) is 2.20. The van der Waals surface area contributed by atoms with Crippen molar-refractivity contribution in [1.82, 2.24) is 5.32 Å². The van der Waals surface area contributed by atoms with E-state index in [4.69, 9.17) is 10.8 Å². The van der Waals surface area contributed by atoms with Crippen molar-refractivity contribution in [2.75, 3.05) is 24.7 Å². The van der Waals surface area contributed by atoms with Gasteiger partial charge in [-0.15, -0.1) is 0 Å². The molecular weight excluding hydrogens is 224 g/mol. The second-order valence-electron chi connectivity index (χ2n) is 3.73. The maximum atomic E-state index is 11.5. The van der Waals surface area contributed by atoms with Gasteiger partial charge >= 0.3 is 0 Å². The Morgan fingerprint density at radius 3 is 2.81 bits per heavy atom. The molecule has 0 spiro atoms. The molecule has 0 aromatic carbocycles. The first-order valence-corrected chi connectivity index (χ1v) is 7.09. The van der Waals surface area contributed by atoms with Gasteiger partial charge in [0.1, 0.15) is 0 Å². The summed E-state index contributed by atoms with van der Waals surface area (Å²) in [6.45, 7) is 2.98. The fourth-order valence-electron chi connectivity index (χ4n) is 1.20. The molecule has 1 atom stereocenters. The standard InChI is InChI=1S/C11H24N2O2S/c1-2-3-5-10(12)11(15)13-6-9-16-8-4-7-14/h10,14H,2-9,12H2,1H3,(H,13,15)/t10-/m0/s1. The number of aliphatic hydroxyl groups is 1. The van der Waals surface area contributed by atoms with Gasteiger partial charge < -0.3 is 16.2 Å². The molecule has 0 aliphatic heterocycles. The summed E-state index contributed by atoms with van der Waals surface area (Å²) in [5.41, 5.74) is 5.71. The molecule has 0 saturated heterocycles. The average Bonchev–Trinajstić information content (AvgIpc) is 2.30. The highest BCUT2D eigenvalue weighted by Gasteiger charge is 2.11. The number of thioether (sulfide) groups is 1. The molecule has 0 aliphatic rings. The molecule has 4 N–H and O–H groups in total. The van der Waals surface area contributed by atoms with Gasteiger partial charge in [-0.25, -0.2) is 0 Å². The molecule has 0 heterocycles. The SMILES string of the molecule is CCCC[C@H](N)C(=O)NCCSCCCO. The van der Waals surface area contributed by atoms with Crippen LogP contribution in [0, 0.1) is 0 Å². The van der Waals surface area contributed by atoms with Gasteiger partial charge in [-0.05, 0) is 18.6 Å². The van der Waals surface area contributed by atoms with Crippen LogP contribution in [0.25, 0.3) is 0 Å². The minimum absolute atomic E-state index is 0.0452. The fourth-order valence-corrected chi connectivity index (χ4v) is 1.99. The number of amides is 1. The molecule has 0 unspecified atom stereocenters. The van der Waals surface area contributed by atoms with Crippen LogP contribution in [0.4, 0.5) is 0 Å². The number of nitrogens with one attached hydrogen (secondary N) is 1. The van der Waals surface area contributed by atoms with Gasteiger partial charge in [-0.1, -0.05) is 19.8 Å². The Kier molecular flexibility index (Phi) is 11.0. The minimum Gasteiger partial charge on any atom is -0.396 e. The average molecular weight is 248 g/mol. The monoisotopic (exact) mass is 248 g/mol. The fraction of sp³-hybridized carbons (Fsp3) is 0.909. The summed E-state index contributed by atoms with van der Waals surface area (Å²) in [6.07, 6.45) is 3.65. The van der Waals surface area contributed by atoms with Crippen LogP contribution in [0.5, 0.6) is 0 Å². The number of aliphatic hydroxyl groups excluding tert-OH is 1. The zero-order valence-electron chi connectivity index (χ0n) is 10.1. The Morgan fingerprint density at radius 2 is 2.19 bits per heavy atom. The summed E-state index contributed by atoms with van der Waals surface area (Å²) >= 11 is 1.73. The molecule has 0 aromatic rings. The van der Waals surface area contributed by atoms with Crippen molar-refractivity contribution in [3.63, 3.8) is 0 Å². The summed E-state index contributed by atoms with van der Waals surface area (Å²) in [7, 11) is 0. The first kappa shape index (κ1) is 15.7. The zero-order chi connectivity index (χ0) is 12.2. The van der Waals surface area contributed by atoms with Crippen molar-refractivity contribution < 1.29 is 9.90 Å². The lowest BCUT2D eigenvalue weighted by Crippen LogP contribution is -2.41. The molecular formula is C11H24N2O2S. The number of unbranched alkanes of at least 4 members (excludes halogenated alkanes) is 1. The number of carbonyl (C=O) groups excluding carboxylic acids is 1. The summed E-state index contributed by atoms with van der Waals surface area (Å²) in [6, 6.07) is -0.359. The molecule has 0 aromatic heterocycles. The van der Waals surface area contributed by atoms with Crippen LogP contribution in [-0.4, -0.2) is 41.7 Å². The van der Waals surface area contributed by atoms with E-state index in [9.17, 15) is 4.79 Å². The van der Waals surface area contributed by atoms with Crippen LogP contribution in [-0.2, 0) is 4.79 Å². The number of hydrogen-bond donors (Lipinski definition) is 3. The first-order valence-electron chi connectivity index (χ1n) is 5.94. The van der Waals surface area contributed by atoms with Crippen molar-refractivity contribution >= 4 is 17.7 Å². The molecule has 0 radical (unpaired) electrons. The largest absolute Gasteiger partial charge is 0.396 e. The summed E-state index contributed by atoms with van der Waals surface area (Å²) in [5, 5.41) is 11.4. The molecule has 16 heavy (non-hydrogen) atoms. The van der Waals surface area contributed by atoms with E-state index in [-0.39, 0.29) is 18.6 Å². The second kappa shape index (κ2) is 11.2. The lowest BCUT2D eigenvalue weighted by molar-refractivity contribution is -0.122. The van der Waals surface area contributed by atoms with Gasteiger partial charge in [-0.3, -0.25) is 4.79 Å². The van der Waals surface area contributed by atoms with Crippen LogP contribution < -0.4 is 11.1 Å². The van der Waals surface area contributed by atoms with E-state index in [0.717, 1.165) is 37.2 Å². The Bertz CT molecular complexity index is 179. The lowest BCUT2D eigenvalue weighted by atomic mass is 10.1. The summed E-state index contributed by atoms with van der Waals surface area (Å²) in [5.74, 6) is 1.77.